The van der Waals surface area contributed by atoms with Crippen LogP contribution < -0.4 is 0 Å². The van der Waals surface area contributed by atoms with Crippen molar-refractivity contribution >= 4 is 41.9 Å². The maximum atomic E-state index is 14.0. The van der Waals surface area contributed by atoms with Gasteiger partial charge in [0.15, 0.2) is 6.19 Å². The monoisotopic (exact) mass is 587 g/mol. The van der Waals surface area contributed by atoms with Gasteiger partial charge in [-0.25, -0.2) is 8.42 Å². The molecule has 1 saturated heterocycles. The van der Waals surface area contributed by atoms with Crippen molar-refractivity contribution in [3.63, 3.8) is 0 Å². The Morgan fingerprint density at radius 1 is 1.06 bits per heavy atom. The van der Waals surface area contributed by atoms with E-state index >= 15 is 0 Å². The predicted molar refractivity (Wildman–Crippen MR) is 137 cm³/mol. The fraction of sp³-hybridized carbons (Fsp3) is 0.240. The molecule has 4 rings (SSSR count). The molecule has 2 atom stereocenters. The minimum Gasteiger partial charge on any atom is -0.306 e. The van der Waals surface area contributed by atoms with Gasteiger partial charge in [0.25, 0.3) is 0 Å². The topological polar surface area (TPSA) is 64.4 Å². The first-order valence-corrected chi connectivity index (χ1v) is 13.6. The second kappa shape index (κ2) is 9.98. The van der Waals surface area contributed by atoms with Gasteiger partial charge >= 0.3 is 0 Å². The van der Waals surface area contributed by atoms with Crippen LogP contribution in [0.3, 0.4) is 0 Å². The van der Waals surface area contributed by atoms with Gasteiger partial charge in [-0.2, -0.15) is 9.57 Å². The van der Waals surface area contributed by atoms with Crippen molar-refractivity contribution in [1.82, 2.24) is 9.21 Å². The summed E-state index contributed by atoms with van der Waals surface area (Å²) in [6, 6.07) is 22.7. The van der Waals surface area contributed by atoms with Crippen molar-refractivity contribution in [2.45, 2.75) is 36.9 Å². The van der Waals surface area contributed by atoms with Crippen molar-refractivity contribution in [2.24, 2.45) is 0 Å². The highest BCUT2D eigenvalue weighted by atomic mass is 79.9. The normalized spacial score (nSPS) is 18.5. The van der Waals surface area contributed by atoms with Crippen LogP contribution in [0, 0.1) is 11.5 Å². The number of hydrogen-bond acceptors (Lipinski definition) is 4. The zero-order valence-corrected chi connectivity index (χ0v) is 22.0. The van der Waals surface area contributed by atoms with Crippen LogP contribution in [0.25, 0.3) is 11.1 Å². The van der Waals surface area contributed by atoms with Crippen LogP contribution in [-0.4, -0.2) is 36.3 Å². The smallest absolute Gasteiger partial charge is 0.244 e. The first kappa shape index (κ1) is 24.0. The van der Waals surface area contributed by atoms with Gasteiger partial charge < -0.3 is 4.90 Å². The second-order valence-corrected chi connectivity index (χ2v) is 11.8. The summed E-state index contributed by atoms with van der Waals surface area (Å²) in [4.78, 5) is 1.86. The fourth-order valence-electron chi connectivity index (χ4n) is 4.29. The maximum Gasteiger partial charge on any atom is 0.244 e. The number of hydrogen-bond donors (Lipinski definition) is 0. The van der Waals surface area contributed by atoms with Gasteiger partial charge in [-0.05, 0) is 64.2 Å². The molecule has 8 heteroatoms. The molecule has 0 aromatic heterocycles. The zero-order valence-electron chi connectivity index (χ0n) is 18.0. The van der Waals surface area contributed by atoms with Crippen LogP contribution in [-0.2, 0) is 16.6 Å². The average molecular weight is 589 g/mol. The molecule has 0 bridgehead atoms. The molecule has 5 nitrogen and oxygen atoms in total. The zero-order chi connectivity index (χ0) is 23.6. The Labute approximate surface area is 212 Å². The first-order valence-electron chi connectivity index (χ1n) is 10.6. The molecule has 3 aromatic carbocycles. The lowest BCUT2D eigenvalue weighted by atomic mass is 9.99. The molecule has 33 heavy (non-hydrogen) atoms. The lowest BCUT2D eigenvalue weighted by molar-refractivity contribution is 0.313. The number of benzene rings is 3. The SMILES string of the molecule is CC1CC(N(Cc2ccccc2-c2ccccc2)S(=O)(=O)c2cc(Br)ccc2Br)CN1C#N. The molecular weight excluding hydrogens is 566 g/mol. The van der Waals surface area contributed by atoms with E-state index < -0.39 is 10.0 Å². The maximum absolute atomic E-state index is 14.0. The minimum atomic E-state index is -3.87. The van der Waals surface area contributed by atoms with Crippen molar-refractivity contribution in [1.29, 1.82) is 5.26 Å². The first-order chi connectivity index (χ1) is 15.8. The van der Waals surface area contributed by atoms with E-state index in [1.165, 1.54) is 0 Å². The molecular formula is C25H23Br2N3O2S. The van der Waals surface area contributed by atoms with Gasteiger partial charge in [0.2, 0.25) is 10.0 Å². The Bertz CT molecular complexity index is 1290. The van der Waals surface area contributed by atoms with E-state index in [4.69, 9.17) is 0 Å². The summed E-state index contributed by atoms with van der Waals surface area (Å²) < 4.78 is 30.8. The van der Waals surface area contributed by atoms with Gasteiger partial charge in [-0.1, -0.05) is 70.5 Å². The highest BCUT2D eigenvalue weighted by Gasteiger charge is 2.40. The Hall–Kier alpha value is -2.18. The van der Waals surface area contributed by atoms with E-state index in [1.807, 2.05) is 61.5 Å². The van der Waals surface area contributed by atoms with Gasteiger partial charge in [0.05, 0.1) is 4.90 Å². The number of sulfonamides is 1. The lowest BCUT2D eigenvalue weighted by Gasteiger charge is -2.29. The van der Waals surface area contributed by atoms with E-state index in [2.05, 4.69) is 38.1 Å². The number of halogens is 2. The van der Waals surface area contributed by atoms with Crippen molar-refractivity contribution in [2.75, 3.05) is 6.54 Å². The summed E-state index contributed by atoms with van der Waals surface area (Å²) in [5.74, 6) is 0. The lowest BCUT2D eigenvalue weighted by Crippen LogP contribution is -2.41. The van der Waals surface area contributed by atoms with E-state index in [9.17, 15) is 13.7 Å². The van der Waals surface area contributed by atoms with Crippen LogP contribution in [0.15, 0.2) is 86.6 Å². The van der Waals surface area contributed by atoms with Gasteiger partial charge in [0.1, 0.15) is 0 Å². The van der Waals surface area contributed by atoms with Gasteiger partial charge in [0, 0.05) is 34.1 Å². The predicted octanol–water partition coefficient (Wildman–Crippen LogP) is 6.01. The number of rotatable bonds is 6. The summed E-state index contributed by atoms with van der Waals surface area (Å²) in [5, 5.41) is 9.51. The van der Waals surface area contributed by atoms with Gasteiger partial charge in [-0.15, -0.1) is 0 Å². The number of likely N-dealkylation sites (tertiary alicyclic amines) is 1. The van der Waals surface area contributed by atoms with Crippen LogP contribution in [0.1, 0.15) is 18.9 Å². The molecule has 0 aliphatic carbocycles. The molecule has 0 spiro atoms. The van der Waals surface area contributed by atoms with Crippen LogP contribution in [0.4, 0.5) is 0 Å². The van der Waals surface area contributed by atoms with Gasteiger partial charge in [-0.3, -0.25) is 0 Å². The fourth-order valence-corrected chi connectivity index (χ4v) is 7.36. The molecule has 2 unspecified atom stereocenters. The number of nitriles is 1. The van der Waals surface area contributed by atoms with E-state index in [0.717, 1.165) is 16.7 Å². The summed E-state index contributed by atoms with van der Waals surface area (Å²) >= 11 is 6.83. The minimum absolute atomic E-state index is 0.0204. The van der Waals surface area contributed by atoms with Crippen molar-refractivity contribution < 1.29 is 8.42 Å². The highest BCUT2D eigenvalue weighted by Crippen LogP contribution is 2.35. The highest BCUT2D eigenvalue weighted by molar-refractivity contribution is 9.11. The third-order valence-corrected chi connectivity index (χ3v) is 9.38. The molecule has 3 aromatic rings. The molecule has 1 aliphatic heterocycles. The molecule has 1 aliphatic rings. The van der Waals surface area contributed by atoms with Crippen molar-refractivity contribution in [3.8, 4) is 17.3 Å². The summed E-state index contributed by atoms with van der Waals surface area (Å²) in [5.41, 5.74) is 2.95. The second-order valence-electron chi connectivity index (χ2n) is 8.14. The average Bonchev–Trinajstić information content (AvgIpc) is 3.19. The summed E-state index contributed by atoms with van der Waals surface area (Å²) in [7, 11) is -3.87. The molecule has 1 heterocycles. The quantitative estimate of drug-likeness (QED) is 0.331. The largest absolute Gasteiger partial charge is 0.306 e. The molecule has 0 N–H and O–H groups in total. The standard InChI is InChI=1S/C25H23Br2N3O2S/c1-18-13-22(16-29(18)17-28)30(33(31,32)25-14-21(26)11-12-24(25)27)15-20-9-5-6-10-23(20)19-7-3-2-4-8-19/h2-12,14,18,22H,13,15-16H2,1H3. The summed E-state index contributed by atoms with van der Waals surface area (Å²) in [6.45, 7) is 2.54. The van der Waals surface area contributed by atoms with E-state index in [0.29, 0.717) is 21.9 Å². The van der Waals surface area contributed by atoms with Crippen molar-refractivity contribution in [3.05, 3.63) is 87.3 Å². The Balaban J connectivity index is 1.81. The van der Waals surface area contributed by atoms with Crippen LogP contribution in [0.5, 0.6) is 0 Å². The molecule has 0 radical (unpaired) electrons. The Morgan fingerprint density at radius 2 is 1.76 bits per heavy atom. The van der Waals surface area contributed by atoms with Crippen LogP contribution in [0.2, 0.25) is 0 Å². The third-order valence-electron chi connectivity index (χ3n) is 6.00. The molecule has 0 saturated carbocycles. The van der Waals surface area contributed by atoms with E-state index in [1.54, 1.807) is 27.4 Å². The Kier molecular flexibility index (Phi) is 7.25. The molecule has 1 fully saturated rings. The summed E-state index contributed by atoms with van der Waals surface area (Å²) in [6.07, 6.45) is 2.80. The third kappa shape index (κ3) is 5.02. The van der Waals surface area contributed by atoms with Crippen LogP contribution >= 0.6 is 31.9 Å². The van der Waals surface area contributed by atoms with E-state index in [-0.39, 0.29) is 23.5 Å². The molecule has 170 valence electrons. The number of nitrogens with zero attached hydrogens (tertiary/aromatic N) is 3. The Morgan fingerprint density at radius 3 is 2.45 bits per heavy atom. The molecule has 0 amide bonds.